The van der Waals surface area contributed by atoms with E-state index in [1.54, 1.807) is 6.07 Å². The van der Waals surface area contributed by atoms with Crippen LogP contribution in [0.15, 0.2) is 41.3 Å². The van der Waals surface area contributed by atoms with Crippen LogP contribution in [-0.4, -0.2) is 44.8 Å². The van der Waals surface area contributed by atoms with Crippen LogP contribution in [0.2, 0.25) is 0 Å². The smallest absolute Gasteiger partial charge is 0.307 e. The minimum Gasteiger partial charge on any atom is -0.481 e. The van der Waals surface area contributed by atoms with Crippen molar-refractivity contribution in [2.24, 2.45) is 17.8 Å². The Bertz CT molecular complexity index is 957. The summed E-state index contributed by atoms with van der Waals surface area (Å²) in [7, 11) is 0. The van der Waals surface area contributed by atoms with E-state index in [1.807, 2.05) is 0 Å². The molecule has 0 bridgehead atoms. The first-order valence-corrected chi connectivity index (χ1v) is 8.33. The minimum absolute atomic E-state index is 0.0562. The number of carboxylic acid groups (broad SMARTS) is 1. The van der Waals surface area contributed by atoms with Crippen LogP contribution in [0.4, 0.5) is 4.39 Å². The van der Waals surface area contributed by atoms with Gasteiger partial charge in [0.25, 0.3) is 5.91 Å². The average molecular weight is 357 g/mol. The summed E-state index contributed by atoms with van der Waals surface area (Å²) >= 11 is 0. The first-order chi connectivity index (χ1) is 12.5. The number of halogens is 1. The highest BCUT2D eigenvalue weighted by atomic mass is 19.1. The van der Waals surface area contributed by atoms with Gasteiger partial charge in [-0.2, -0.15) is 5.10 Å². The second-order valence-electron chi connectivity index (χ2n) is 6.68. The molecule has 134 valence electrons. The van der Waals surface area contributed by atoms with Crippen molar-refractivity contribution in [3.8, 4) is 5.69 Å². The van der Waals surface area contributed by atoms with Gasteiger partial charge in [0.05, 0.1) is 11.6 Å². The van der Waals surface area contributed by atoms with E-state index in [0.29, 0.717) is 25.2 Å². The fraction of sp³-hybridized carbons (Fsp3) is 0.333. The molecule has 4 rings (SSSR count). The van der Waals surface area contributed by atoms with E-state index in [9.17, 15) is 18.8 Å². The van der Waals surface area contributed by atoms with Gasteiger partial charge in [-0.1, -0.05) is 6.07 Å². The summed E-state index contributed by atoms with van der Waals surface area (Å²) in [5, 5.41) is 13.2. The van der Waals surface area contributed by atoms with Crippen molar-refractivity contribution in [1.82, 2.24) is 14.7 Å². The number of carbonyl (C=O) groups excluding carboxylic acids is 1. The zero-order valence-corrected chi connectivity index (χ0v) is 13.7. The third-order valence-corrected chi connectivity index (χ3v) is 5.15. The zero-order valence-electron chi connectivity index (χ0n) is 13.7. The molecule has 1 aliphatic carbocycles. The highest BCUT2D eigenvalue weighted by molar-refractivity contribution is 5.92. The minimum atomic E-state index is -0.833. The molecule has 26 heavy (non-hydrogen) atoms. The van der Waals surface area contributed by atoms with E-state index >= 15 is 0 Å². The Kier molecular flexibility index (Phi) is 3.82. The summed E-state index contributed by atoms with van der Waals surface area (Å²) in [5.41, 5.74) is -0.371. The molecular formula is C18H16FN3O4. The standard InChI is InChI=1S/C18H16FN3O4/c19-10-2-1-3-11(8-10)22-7-5-14(23)16(20-22)17(24)21-6-4-12-13(9-21)15(12)18(25)26/h1-3,5,7-8,12-13,15H,4,6,9H2,(H,25,26)/t12-,13+,15-/m1/s1. The van der Waals surface area contributed by atoms with Crippen molar-refractivity contribution < 1.29 is 19.1 Å². The summed E-state index contributed by atoms with van der Waals surface area (Å²) in [6.45, 7) is 0.718. The van der Waals surface area contributed by atoms with Crippen molar-refractivity contribution in [2.45, 2.75) is 6.42 Å². The van der Waals surface area contributed by atoms with Gasteiger partial charge in [-0.15, -0.1) is 0 Å². The van der Waals surface area contributed by atoms with Gasteiger partial charge in [0.1, 0.15) is 5.82 Å². The summed E-state index contributed by atoms with van der Waals surface area (Å²) < 4.78 is 14.7. The number of rotatable bonds is 3. The van der Waals surface area contributed by atoms with Crippen LogP contribution in [0.1, 0.15) is 16.9 Å². The average Bonchev–Trinajstić information content (AvgIpc) is 3.35. The number of carbonyl (C=O) groups is 2. The molecule has 2 aromatic rings. The number of nitrogens with zero attached hydrogens (tertiary/aromatic N) is 3. The maximum Gasteiger partial charge on any atom is 0.307 e. The van der Waals surface area contributed by atoms with Crippen LogP contribution in [0.5, 0.6) is 0 Å². The van der Waals surface area contributed by atoms with Gasteiger partial charge < -0.3 is 10.0 Å². The summed E-state index contributed by atoms with van der Waals surface area (Å²) in [4.78, 5) is 37.5. The number of carboxylic acids is 1. The van der Waals surface area contributed by atoms with Gasteiger partial charge in [0.15, 0.2) is 5.69 Å². The number of aromatic nitrogens is 2. The predicted octanol–water partition coefficient (Wildman–Crippen LogP) is 1.16. The second kappa shape index (κ2) is 6.05. The molecule has 7 nitrogen and oxygen atoms in total. The highest BCUT2D eigenvalue weighted by Gasteiger charge is 2.57. The molecule has 1 aromatic carbocycles. The molecule has 1 saturated heterocycles. The van der Waals surface area contributed by atoms with E-state index in [-0.39, 0.29) is 17.5 Å². The molecule has 1 aliphatic heterocycles. The molecular weight excluding hydrogens is 341 g/mol. The van der Waals surface area contributed by atoms with E-state index < -0.39 is 29.0 Å². The number of aliphatic carboxylic acids is 1. The molecule has 8 heteroatoms. The van der Waals surface area contributed by atoms with E-state index in [0.717, 1.165) is 0 Å². The zero-order chi connectivity index (χ0) is 18.4. The van der Waals surface area contributed by atoms with Crippen molar-refractivity contribution in [3.05, 3.63) is 58.3 Å². The Morgan fingerprint density at radius 1 is 1.23 bits per heavy atom. The van der Waals surface area contributed by atoms with Gasteiger partial charge in [-0.3, -0.25) is 14.4 Å². The van der Waals surface area contributed by atoms with Crippen LogP contribution in [0.3, 0.4) is 0 Å². The van der Waals surface area contributed by atoms with Crippen LogP contribution in [0.25, 0.3) is 5.69 Å². The molecule has 1 saturated carbocycles. The van der Waals surface area contributed by atoms with Gasteiger partial charge >= 0.3 is 5.97 Å². The maximum absolute atomic E-state index is 13.4. The van der Waals surface area contributed by atoms with Gasteiger partial charge in [0.2, 0.25) is 5.43 Å². The van der Waals surface area contributed by atoms with E-state index in [2.05, 4.69) is 5.10 Å². The third kappa shape index (κ3) is 2.77. The summed E-state index contributed by atoms with van der Waals surface area (Å²) in [6, 6.07) is 6.88. The van der Waals surface area contributed by atoms with Crippen LogP contribution in [0, 0.1) is 23.6 Å². The number of hydrogen-bond acceptors (Lipinski definition) is 4. The quantitative estimate of drug-likeness (QED) is 0.890. The van der Waals surface area contributed by atoms with Crippen LogP contribution in [-0.2, 0) is 4.79 Å². The van der Waals surface area contributed by atoms with Crippen LogP contribution < -0.4 is 5.43 Å². The largest absolute Gasteiger partial charge is 0.481 e. The first-order valence-electron chi connectivity index (χ1n) is 8.33. The molecule has 0 unspecified atom stereocenters. The lowest BCUT2D eigenvalue weighted by Crippen LogP contribution is -2.40. The number of piperidine rings is 1. The molecule has 2 aliphatic rings. The van der Waals surface area contributed by atoms with Crippen molar-refractivity contribution >= 4 is 11.9 Å². The Labute approximate surface area is 147 Å². The highest BCUT2D eigenvalue weighted by Crippen LogP contribution is 2.51. The fourth-order valence-electron chi connectivity index (χ4n) is 3.76. The molecule has 2 fully saturated rings. The summed E-state index contributed by atoms with van der Waals surface area (Å²) in [6.07, 6.45) is 1.99. The number of amides is 1. The molecule has 3 atom stereocenters. The second-order valence-corrected chi connectivity index (χ2v) is 6.68. The Balaban J connectivity index is 1.59. The SMILES string of the molecule is O=C(O)[C@@H]1[C@@H]2CCN(C(=O)c3nn(-c4cccc(F)c4)ccc3=O)C[C@@H]21. The van der Waals surface area contributed by atoms with E-state index in [1.165, 1.54) is 40.0 Å². The van der Waals surface area contributed by atoms with Gasteiger partial charge in [-0.25, -0.2) is 9.07 Å². The number of hydrogen-bond donors (Lipinski definition) is 1. The predicted molar refractivity (Wildman–Crippen MR) is 88.4 cm³/mol. The summed E-state index contributed by atoms with van der Waals surface area (Å²) in [5.74, 6) is -2.15. The first kappa shape index (κ1) is 16.4. The maximum atomic E-state index is 13.4. The lowest BCUT2D eigenvalue weighted by molar-refractivity contribution is -0.139. The number of fused-ring (bicyclic) bond motifs is 1. The lowest BCUT2D eigenvalue weighted by Gasteiger charge is -2.25. The molecule has 2 heterocycles. The Morgan fingerprint density at radius 3 is 2.77 bits per heavy atom. The Morgan fingerprint density at radius 2 is 2.04 bits per heavy atom. The third-order valence-electron chi connectivity index (χ3n) is 5.15. The fourth-order valence-corrected chi connectivity index (χ4v) is 3.76. The van der Waals surface area contributed by atoms with Crippen molar-refractivity contribution in [2.75, 3.05) is 13.1 Å². The number of likely N-dealkylation sites (tertiary alicyclic amines) is 1. The molecule has 0 spiro atoms. The van der Waals surface area contributed by atoms with Crippen molar-refractivity contribution in [1.29, 1.82) is 0 Å². The number of benzene rings is 1. The molecule has 1 amide bonds. The molecule has 1 aromatic heterocycles. The van der Waals surface area contributed by atoms with Crippen LogP contribution >= 0.6 is 0 Å². The van der Waals surface area contributed by atoms with E-state index in [4.69, 9.17) is 5.11 Å². The Hall–Kier alpha value is -3.03. The molecule has 1 N–H and O–H groups in total. The monoisotopic (exact) mass is 357 g/mol. The van der Waals surface area contributed by atoms with Gasteiger partial charge in [-0.05, 0) is 36.5 Å². The topological polar surface area (TPSA) is 92.5 Å². The normalized spacial score (nSPS) is 24.0. The van der Waals surface area contributed by atoms with Crippen molar-refractivity contribution in [3.63, 3.8) is 0 Å². The van der Waals surface area contributed by atoms with Gasteiger partial charge in [0, 0.05) is 25.4 Å². The molecule has 0 radical (unpaired) electrons. The lowest BCUT2D eigenvalue weighted by atomic mass is 10.1.